The topological polar surface area (TPSA) is 46.9 Å². The molecular weight excluding hydrogens is 358 g/mol. The summed E-state index contributed by atoms with van der Waals surface area (Å²) in [5, 5.41) is 6.30. The van der Waals surface area contributed by atoms with Gasteiger partial charge >= 0.3 is 0 Å². The summed E-state index contributed by atoms with van der Waals surface area (Å²) in [7, 11) is 0. The van der Waals surface area contributed by atoms with Gasteiger partial charge in [0.05, 0.1) is 16.9 Å². The molecule has 0 bridgehead atoms. The number of benzene rings is 3. The molecule has 0 aliphatic heterocycles. The van der Waals surface area contributed by atoms with E-state index in [1.165, 1.54) is 10.9 Å². The van der Waals surface area contributed by atoms with Crippen LogP contribution in [0.5, 0.6) is 0 Å². The standard InChI is InChI=1S/C25H19N3O/c1-17-11-12-22-19(16-17)13-15-28(22)23-10-5-7-18-6-4-9-20(24(18)23)27-25(29)21-8-2-3-14-26-21/h2-16H,1H3,(H,27,29). The SMILES string of the molecule is Cc1ccc2c(ccn2-c2cccc3cccc(NC(=O)c4ccccn4)c23)c1. The average molecular weight is 377 g/mol. The third-order valence-electron chi connectivity index (χ3n) is 5.13. The minimum absolute atomic E-state index is 0.221. The first-order valence-electron chi connectivity index (χ1n) is 9.53. The minimum Gasteiger partial charge on any atom is -0.320 e. The van der Waals surface area contributed by atoms with Crippen LogP contribution in [0.3, 0.4) is 0 Å². The molecule has 2 heterocycles. The molecule has 5 aromatic rings. The van der Waals surface area contributed by atoms with E-state index in [4.69, 9.17) is 0 Å². The van der Waals surface area contributed by atoms with Crippen molar-refractivity contribution < 1.29 is 4.79 Å². The van der Waals surface area contributed by atoms with E-state index < -0.39 is 0 Å². The molecule has 2 aromatic heterocycles. The van der Waals surface area contributed by atoms with E-state index in [-0.39, 0.29) is 5.91 Å². The van der Waals surface area contributed by atoms with E-state index >= 15 is 0 Å². The Morgan fingerprint density at radius 1 is 0.897 bits per heavy atom. The van der Waals surface area contributed by atoms with Crippen molar-refractivity contribution in [3.63, 3.8) is 0 Å². The second kappa shape index (κ2) is 6.91. The highest BCUT2D eigenvalue weighted by Gasteiger charge is 2.13. The molecule has 0 saturated carbocycles. The maximum Gasteiger partial charge on any atom is 0.274 e. The second-order valence-electron chi connectivity index (χ2n) is 7.10. The number of nitrogens with zero attached hydrogens (tertiary/aromatic N) is 2. The molecule has 29 heavy (non-hydrogen) atoms. The number of nitrogens with one attached hydrogen (secondary N) is 1. The van der Waals surface area contributed by atoms with E-state index in [2.05, 4.69) is 70.5 Å². The maximum absolute atomic E-state index is 12.7. The second-order valence-corrected chi connectivity index (χ2v) is 7.10. The van der Waals surface area contributed by atoms with Gasteiger partial charge in [-0.1, -0.05) is 42.0 Å². The monoisotopic (exact) mass is 377 g/mol. The first kappa shape index (κ1) is 17.2. The fourth-order valence-electron chi connectivity index (χ4n) is 3.78. The summed E-state index contributed by atoms with van der Waals surface area (Å²) in [6.45, 7) is 2.10. The molecular formula is C25H19N3O. The minimum atomic E-state index is -0.221. The molecule has 0 radical (unpaired) electrons. The van der Waals surface area contributed by atoms with Gasteiger partial charge in [0.15, 0.2) is 0 Å². The van der Waals surface area contributed by atoms with E-state index in [0.29, 0.717) is 5.69 Å². The van der Waals surface area contributed by atoms with Crippen molar-refractivity contribution in [3.05, 3.63) is 103 Å². The first-order chi connectivity index (χ1) is 14.2. The first-order valence-corrected chi connectivity index (χ1v) is 9.53. The zero-order valence-electron chi connectivity index (χ0n) is 16.0. The maximum atomic E-state index is 12.7. The number of hydrogen-bond donors (Lipinski definition) is 1. The van der Waals surface area contributed by atoms with Gasteiger partial charge in [-0.3, -0.25) is 9.78 Å². The van der Waals surface area contributed by atoms with E-state index in [0.717, 1.165) is 27.7 Å². The lowest BCUT2D eigenvalue weighted by atomic mass is 10.1. The lowest BCUT2D eigenvalue weighted by Crippen LogP contribution is -2.14. The Kier molecular flexibility index (Phi) is 4.10. The van der Waals surface area contributed by atoms with Crippen LogP contribution in [0, 0.1) is 6.92 Å². The van der Waals surface area contributed by atoms with Gasteiger partial charge in [-0.2, -0.15) is 0 Å². The van der Waals surface area contributed by atoms with Crippen LogP contribution >= 0.6 is 0 Å². The molecule has 140 valence electrons. The van der Waals surface area contributed by atoms with Crippen LogP contribution < -0.4 is 5.32 Å². The summed E-state index contributed by atoms with van der Waals surface area (Å²) >= 11 is 0. The van der Waals surface area contributed by atoms with Crippen molar-refractivity contribution in [2.24, 2.45) is 0 Å². The summed E-state index contributed by atoms with van der Waals surface area (Å²) in [6.07, 6.45) is 3.70. The van der Waals surface area contributed by atoms with Crippen LogP contribution in [0.4, 0.5) is 5.69 Å². The largest absolute Gasteiger partial charge is 0.320 e. The Labute approximate surface area is 168 Å². The highest BCUT2D eigenvalue weighted by molar-refractivity contribution is 6.10. The summed E-state index contributed by atoms with van der Waals surface area (Å²) in [4.78, 5) is 16.9. The average Bonchev–Trinajstić information content (AvgIpc) is 3.17. The summed E-state index contributed by atoms with van der Waals surface area (Å²) in [5.74, 6) is -0.221. The van der Waals surface area contributed by atoms with Crippen LogP contribution in [-0.4, -0.2) is 15.5 Å². The number of fused-ring (bicyclic) bond motifs is 2. The zero-order chi connectivity index (χ0) is 19.8. The fraction of sp³-hybridized carbons (Fsp3) is 0.0400. The predicted molar refractivity (Wildman–Crippen MR) is 118 cm³/mol. The van der Waals surface area contributed by atoms with Gasteiger partial charge < -0.3 is 9.88 Å². The number of anilines is 1. The molecule has 0 fully saturated rings. The van der Waals surface area contributed by atoms with Crippen molar-refractivity contribution in [2.45, 2.75) is 6.92 Å². The lowest BCUT2D eigenvalue weighted by Gasteiger charge is -2.14. The molecule has 5 rings (SSSR count). The van der Waals surface area contributed by atoms with Gasteiger partial charge in [-0.15, -0.1) is 0 Å². The van der Waals surface area contributed by atoms with Crippen LogP contribution in [0.2, 0.25) is 0 Å². The van der Waals surface area contributed by atoms with Crippen LogP contribution in [-0.2, 0) is 0 Å². The van der Waals surface area contributed by atoms with Crippen LogP contribution in [0.1, 0.15) is 16.1 Å². The van der Waals surface area contributed by atoms with Crippen molar-refractivity contribution >= 4 is 33.3 Å². The number of pyridine rings is 1. The number of hydrogen-bond acceptors (Lipinski definition) is 2. The Bertz CT molecular complexity index is 1350. The third-order valence-corrected chi connectivity index (χ3v) is 5.13. The van der Waals surface area contributed by atoms with Gasteiger partial charge in [-0.05, 0) is 54.8 Å². The number of aryl methyl sites for hydroxylation is 1. The number of rotatable bonds is 3. The number of aromatic nitrogens is 2. The van der Waals surface area contributed by atoms with Gasteiger partial charge in [0.25, 0.3) is 5.91 Å². The molecule has 0 unspecified atom stereocenters. The van der Waals surface area contributed by atoms with E-state index in [1.807, 2.05) is 24.3 Å². The summed E-state index contributed by atoms with van der Waals surface area (Å²) < 4.78 is 2.17. The highest BCUT2D eigenvalue weighted by atomic mass is 16.1. The van der Waals surface area contributed by atoms with Gasteiger partial charge in [-0.25, -0.2) is 0 Å². The molecule has 0 aliphatic rings. The van der Waals surface area contributed by atoms with Gasteiger partial charge in [0, 0.05) is 23.2 Å². The molecule has 0 atom stereocenters. The number of amides is 1. The quantitative estimate of drug-likeness (QED) is 0.436. The molecule has 1 N–H and O–H groups in total. The van der Waals surface area contributed by atoms with Crippen molar-refractivity contribution in [3.8, 4) is 5.69 Å². The molecule has 1 amide bonds. The zero-order valence-corrected chi connectivity index (χ0v) is 16.0. The molecule has 4 nitrogen and oxygen atoms in total. The van der Waals surface area contributed by atoms with Crippen molar-refractivity contribution in [1.82, 2.24) is 9.55 Å². The van der Waals surface area contributed by atoms with Gasteiger partial charge in [0.2, 0.25) is 0 Å². The third kappa shape index (κ3) is 3.05. The Morgan fingerprint density at radius 2 is 1.76 bits per heavy atom. The van der Waals surface area contributed by atoms with Crippen LogP contribution in [0.25, 0.3) is 27.4 Å². The lowest BCUT2D eigenvalue weighted by molar-refractivity contribution is 0.102. The Morgan fingerprint density at radius 3 is 2.59 bits per heavy atom. The Hall–Kier alpha value is -3.92. The van der Waals surface area contributed by atoms with Crippen molar-refractivity contribution in [1.29, 1.82) is 0 Å². The fourth-order valence-corrected chi connectivity index (χ4v) is 3.78. The smallest absolute Gasteiger partial charge is 0.274 e. The van der Waals surface area contributed by atoms with Gasteiger partial charge in [0.1, 0.15) is 5.69 Å². The number of carbonyl (C=O) groups is 1. The predicted octanol–water partition coefficient (Wildman–Crippen LogP) is 5.74. The van der Waals surface area contributed by atoms with E-state index in [1.54, 1.807) is 18.3 Å². The molecule has 0 spiro atoms. The van der Waals surface area contributed by atoms with E-state index in [9.17, 15) is 4.79 Å². The molecule has 0 saturated heterocycles. The normalized spacial score (nSPS) is 11.1. The summed E-state index contributed by atoms with van der Waals surface area (Å²) in [6, 6.07) is 26.0. The molecule has 4 heteroatoms. The van der Waals surface area contributed by atoms with Crippen LogP contribution in [0.15, 0.2) is 91.3 Å². The molecule has 3 aromatic carbocycles. The summed E-state index contributed by atoms with van der Waals surface area (Å²) in [5.41, 5.74) is 4.55. The molecule has 0 aliphatic carbocycles. The Balaban J connectivity index is 1.68. The van der Waals surface area contributed by atoms with Crippen molar-refractivity contribution in [2.75, 3.05) is 5.32 Å². The highest BCUT2D eigenvalue weighted by Crippen LogP contribution is 2.32. The number of carbonyl (C=O) groups excluding carboxylic acids is 1.